The van der Waals surface area contributed by atoms with Gasteiger partial charge in [-0.05, 0) is 12.1 Å². The molecule has 0 aliphatic rings. The Hall–Kier alpha value is -1.26. The maximum Gasteiger partial charge on any atom is 0.115 e. The molecule has 0 aliphatic heterocycles. The molecular weight excluding hydrogens is 184 g/mol. The van der Waals surface area contributed by atoms with E-state index in [1.807, 2.05) is 12.1 Å². The van der Waals surface area contributed by atoms with Gasteiger partial charge < -0.3 is 5.11 Å². The molecule has 13 heavy (non-hydrogen) atoms. The molecule has 1 N–H and O–H groups in total. The molecule has 2 rings (SSSR count). The Morgan fingerprint density at radius 3 is 2.62 bits per heavy atom. The van der Waals surface area contributed by atoms with Gasteiger partial charge in [0.2, 0.25) is 0 Å². The van der Waals surface area contributed by atoms with E-state index in [0.717, 1.165) is 15.3 Å². The van der Waals surface area contributed by atoms with Crippen LogP contribution in [-0.4, -0.2) is 15.1 Å². The number of aliphatic hydroxyl groups excluding tert-OH is 1. The van der Waals surface area contributed by atoms with Crippen LogP contribution in [0.25, 0.3) is 10.4 Å². The molecule has 0 saturated carbocycles. The third-order valence-corrected chi connectivity index (χ3v) is 2.78. The van der Waals surface area contributed by atoms with Crippen molar-refractivity contribution in [2.45, 2.75) is 6.61 Å². The third kappa shape index (κ3) is 1.74. The molecule has 2 heterocycles. The second-order valence-electron chi connectivity index (χ2n) is 2.55. The number of nitrogens with zero attached hydrogens (tertiary/aromatic N) is 2. The van der Waals surface area contributed by atoms with Gasteiger partial charge in [-0.15, -0.1) is 11.3 Å². The molecule has 66 valence electrons. The van der Waals surface area contributed by atoms with Crippen LogP contribution in [0.4, 0.5) is 0 Å². The second kappa shape index (κ2) is 3.64. The quantitative estimate of drug-likeness (QED) is 0.787. The van der Waals surface area contributed by atoms with E-state index in [1.54, 1.807) is 23.7 Å². The summed E-state index contributed by atoms with van der Waals surface area (Å²) in [5, 5.41) is 8.88. The van der Waals surface area contributed by atoms with Crippen LogP contribution in [-0.2, 0) is 6.61 Å². The van der Waals surface area contributed by atoms with Crippen molar-refractivity contribution in [1.29, 1.82) is 0 Å². The minimum Gasteiger partial charge on any atom is -0.391 e. The molecule has 0 radical (unpaired) electrons. The highest BCUT2D eigenvalue weighted by Gasteiger charge is 2.01. The standard InChI is InChI=1S/C9H8N2OS/c12-5-8-1-2-9(13-8)7-3-10-6-11-4-7/h1-4,6,12H,5H2. The Labute approximate surface area is 79.7 Å². The summed E-state index contributed by atoms with van der Waals surface area (Å²) < 4.78 is 0. The van der Waals surface area contributed by atoms with E-state index in [1.165, 1.54) is 6.33 Å². The fourth-order valence-electron chi connectivity index (χ4n) is 1.04. The summed E-state index contributed by atoms with van der Waals surface area (Å²) in [4.78, 5) is 9.90. The number of aliphatic hydroxyl groups is 1. The van der Waals surface area contributed by atoms with Crippen molar-refractivity contribution in [3.05, 3.63) is 35.7 Å². The van der Waals surface area contributed by atoms with Crippen molar-refractivity contribution in [1.82, 2.24) is 9.97 Å². The van der Waals surface area contributed by atoms with Gasteiger partial charge in [-0.25, -0.2) is 9.97 Å². The van der Waals surface area contributed by atoms with Crippen LogP contribution in [0.5, 0.6) is 0 Å². The average molecular weight is 192 g/mol. The molecule has 2 aromatic heterocycles. The summed E-state index contributed by atoms with van der Waals surface area (Å²) in [5.41, 5.74) is 0.993. The Balaban J connectivity index is 2.36. The number of rotatable bonds is 2. The first-order chi connectivity index (χ1) is 6.40. The van der Waals surface area contributed by atoms with Gasteiger partial charge in [-0.2, -0.15) is 0 Å². The number of thiophene rings is 1. The van der Waals surface area contributed by atoms with E-state index in [2.05, 4.69) is 9.97 Å². The van der Waals surface area contributed by atoms with Crippen LogP contribution in [0.3, 0.4) is 0 Å². The van der Waals surface area contributed by atoms with Crippen molar-refractivity contribution >= 4 is 11.3 Å². The minimum atomic E-state index is 0.0956. The summed E-state index contributed by atoms with van der Waals surface area (Å²) in [6.07, 6.45) is 5.03. The van der Waals surface area contributed by atoms with Crippen LogP contribution < -0.4 is 0 Å². The Bertz CT molecular complexity index is 386. The second-order valence-corrected chi connectivity index (χ2v) is 3.72. The van der Waals surface area contributed by atoms with Crippen LogP contribution in [0.15, 0.2) is 30.9 Å². The fourth-order valence-corrected chi connectivity index (χ4v) is 1.89. The van der Waals surface area contributed by atoms with Gasteiger partial charge >= 0.3 is 0 Å². The molecule has 0 unspecified atom stereocenters. The summed E-state index contributed by atoms with van der Waals surface area (Å²) in [6, 6.07) is 3.88. The summed E-state index contributed by atoms with van der Waals surface area (Å²) in [7, 11) is 0. The molecule has 0 spiro atoms. The highest BCUT2D eigenvalue weighted by atomic mass is 32.1. The van der Waals surface area contributed by atoms with Crippen molar-refractivity contribution in [3.63, 3.8) is 0 Å². The van der Waals surface area contributed by atoms with Gasteiger partial charge in [-0.3, -0.25) is 0 Å². The zero-order valence-corrected chi connectivity index (χ0v) is 7.66. The van der Waals surface area contributed by atoms with E-state index in [4.69, 9.17) is 5.11 Å². The van der Waals surface area contributed by atoms with E-state index in [0.29, 0.717) is 0 Å². The van der Waals surface area contributed by atoms with Crippen molar-refractivity contribution < 1.29 is 5.11 Å². The Morgan fingerprint density at radius 2 is 2.00 bits per heavy atom. The van der Waals surface area contributed by atoms with E-state index < -0.39 is 0 Å². The zero-order valence-electron chi connectivity index (χ0n) is 6.84. The van der Waals surface area contributed by atoms with Crippen LogP contribution >= 0.6 is 11.3 Å². The highest BCUT2D eigenvalue weighted by molar-refractivity contribution is 7.15. The van der Waals surface area contributed by atoms with Gasteiger partial charge in [0.1, 0.15) is 6.33 Å². The first-order valence-corrected chi connectivity index (χ1v) is 4.67. The van der Waals surface area contributed by atoms with Gasteiger partial charge in [0, 0.05) is 27.7 Å². The minimum absolute atomic E-state index is 0.0956. The molecule has 0 aliphatic carbocycles. The molecular formula is C9H8N2OS. The topological polar surface area (TPSA) is 46.0 Å². The van der Waals surface area contributed by atoms with E-state index in [-0.39, 0.29) is 6.61 Å². The van der Waals surface area contributed by atoms with Gasteiger partial charge in [0.05, 0.1) is 6.61 Å². The largest absolute Gasteiger partial charge is 0.391 e. The lowest BCUT2D eigenvalue weighted by atomic mass is 10.3. The van der Waals surface area contributed by atoms with Crippen LogP contribution in [0, 0.1) is 0 Å². The molecule has 0 atom stereocenters. The van der Waals surface area contributed by atoms with Crippen molar-refractivity contribution in [2.24, 2.45) is 0 Å². The lowest BCUT2D eigenvalue weighted by molar-refractivity contribution is 0.285. The highest BCUT2D eigenvalue weighted by Crippen LogP contribution is 2.26. The van der Waals surface area contributed by atoms with E-state index in [9.17, 15) is 0 Å². The predicted molar refractivity (Wildman–Crippen MR) is 51.3 cm³/mol. The Kier molecular flexibility index (Phi) is 2.33. The number of hydrogen-bond donors (Lipinski definition) is 1. The summed E-state index contributed by atoms with van der Waals surface area (Å²) in [6.45, 7) is 0.0956. The number of aromatic nitrogens is 2. The molecule has 3 nitrogen and oxygen atoms in total. The molecule has 2 aromatic rings. The van der Waals surface area contributed by atoms with Gasteiger partial charge in [0.25, 0.3) is 0 Å². The Morgan fingerprint density at radius 1 is 1.23 bits per heavy atom. The summed E-state index contributed by atoms with van der Waals surface area (Å²) >= 11 is 1.56. The maximum atomic E-state index is 8.88. The van der Waals surface area contributed by atoms with Crippen LogP contribution in [0.2, 0.25) is 0 Å². The molecule has 4 heteroatoms. The van der Waals surface area contributed by atoms with Crippen LogP contribution in [0.1, 0.15) is 4.88 Å². The van der Waals surface area contributed by atoms with Gasteiger partial charge in [0.15, 0.2) is 0 Å². The lowest BCUT2D eigenvalue weighted by Gasteiger charge is -1.92. The normalized spacial score (nSPS) is 10.2. The fraction of sp³-hybridized carbons (Fsp3) is 0.111. The average Bonchev–Trinajstić information content (AvgIpc) is 2.67. The maximum absolute atomic E-state index is 8.88. The molecule has 0 aromatic carbocycles. The van der Waals surface area contributed by atoms with Crippen molar-refractivity contribution in [3.8, 4) is 10.4 Å². The molecule has 0 saturated heterocycles. The lowest BCUT2D eigenvalue weighted by Crippen LogP contribution is -1.77. The predicted octanol–water partition coefficient (Wildman–Crippen LogP) is 1.70. The number of hydrogen-bond acceptors (Lipinski definition) is 4. The van der Waals surface area contributed by atoms with E-state index >= 15 is 0 Å². The third-order valence-electron chi connectivity index (χ3n) is 1.66. The SMILES string of the molecule is OCc1ccc(-c2cncnc2)s1. The smallest absolute Gasteiger partial charge is 0.115 e. The molecule has 0 bridgehead atoms. The molecule has 0 fully saturated rings. The first-order valence-electron chi connectivity index (χ1n) is 3.85. The first kappa shape index (κ1) is 8.34. The zero-order chi connectivity index (χ0) is 9.10. The van der Waals surface area contributed by atoms with Gasteiger partial charge in [-0.1, -0.05) is 0 Å². The monoisotopic (exact) mass is 192 g/mol. The molecule has 0 amide bonds. The van der Waals surface area contributed by atoms with Crippen molar-refractivity contribution in [2.75, 3.05) is 0 Å². The summed E-state index contributed by atoms with van der Waals surface area (Å²) in [5.74, 6) is 0.